The molecule has 2 N–H and O–H groups in total. The maximum absolute atomic E-state index is 12.0. The van der Waals surface area contributed by atoms with Gasteiger partial charge in [0.05, 0.1) is 0 Å². The number of aryl methyl sites for hydroxylation is 1. The highest BCUT2D eigenvalue weighted by Gasteiger charge is 2.09. The SMILES string of the molecule is Cc1ccc(N)c(SC(=O)c2ccccc2)c1. The summed E-state index contributed by atoms with van der Waals surface area (Å²) >= 11 is 1.17. The number of nitrogen functional groups attached to an aromatic ring is 1. The minimum absolute atomic E-state index is 0.0166. The Kier molecular flexibility index (Phi) is 3.49. The Morgan fingerprint density at radius 3 is 2.53 bits per heavy atom. The van der Waals surface area contributed by atoms with Crippen LogP contribution in [0.5, 0.6) is 0 Å². The fraction of sp³-hybridized carbons (Fsp3) is 0.0714. The van der Waals surface area contributed by atoms with Crippen LogP contribution in [-0.4, -0.2) is 5.12 Å². The van der Waals surface area contributed by atoms with E-state index >= 15 is 0 Å². The normalized spacial score (nSPS) is 10.2. The predicted molar refractivity (Wildman–Crippen MR) is 72.2 cm³/mol. The number of rotatable bonds is 2. The molecule has 0 radical (unpaired) electrons. The molecule has 0 saturated carbocycles. The van der Waals surface area contributed by atoms with Crippen LogP contribution >= 0.6 is 11.8 Å². The zero-order valence-electron chi connectivity index (χ0n) is 9.51. The Labute approximate surface area is 105 Å². The van der Waals surface area contributed by atoms with E-state index in [0.717, 1.165) is 10.5 Å². The maximum atomic E-state index is 12.0. The molecule has 2 aromatic rings. The van der Waals surface area contributed by atoms with E-state index in [4.69, 9.17) is 5.73 Å². The van der Waals surface area contributed by atoms with Gasteiger partial charge in [0.15, 0.2) is 0 Å². The number of hydrogen-bond donors (Lipinski definition) is 1. The van der Waals surface area contributed by atoms with E-state index in [1.165, 1.54) is 11.8 Å². The smallest absolute Gasteiger partial charge is 0.224 e. The summed E-state index contributed by atoms with van der Waals surface area (Å²) in [5.74, 6) is 0. The van der Waals surface area contributed by atoms with E-state index in [1.54, 1.807) is 12.1 Å². The van der Waals surface area contributed by atoms with Gasteiger partial charge < -0.3 is 5.73 Å². The minimum atomic E-state index is 0.0166. The lowest BCUT2D eigenvalue weighted by molar-refractivity contribution is 0.108. The molecule has 0 atom stereocenters. The highest BCUT2D eigenvalue weighted by atomic mass is 32.2. The van der Waals surface area contributed by atoms with Crippen LogP contribution in [0, 0.1) is 6.92 Å². The number of thioether (sulfide) groups is 1. The van der Waals surface area contributed by atoms with Crippen LogP contribution in [0.25, 0.3) is 0 Å². The van der Waals surface area contributed by atoms with Crippen LogP contribution in [0.3, 0.4) is 0 Å². The lowest BCUT2D eigenvalue weighted by atomic mass is 10.2. The lowest BCUT2D eigenvalue weighted by Crippen LogP contribution is -1.95. The molecule has 0 aliphatic heterocycles. The highest BCUT2D eigenvalue weighted by Crippen LogP contribution is 2.28. The summed E-state index contributed by atoms with van der Waals surface area (Å²) in [6.45, 7) is 1.98. The molecule has 0 aromatic heterocycles. The Balaban J connectivity index is 2.22. The van der Waals surface area contributed by atoms with Crippen LogP contribution in [-0.2, 0) is 0 Å². The molecule has 86 valence electrons. The van der Waals surface area contributed by atoms with Gasteiger partial charge in [0.2, 0.25) is 5.12 Å². The molecule has 3 heteroatoms. The number of nitrogens with two attached hydrogens (primary N) is 1. The van der Waals surface area contributed by atoms with Gasteiger partial charge in [-0.05, 0) is 36.4 Å². The summed E-state index contributed by atoms with van der Waals surface area (Å²) in [6, 6.07) is 14.9. The number of hydrogen-bond acceptors (Lipinski definition) is 3. The molecule has 0 unspecified atom stereocenters. The molecule has 0 spiro atoms. The zero-order valence-corrected chi connectivity index (χ0v) is 10.3. The molecule has 2 nitrogen and oxygen atoms in total. The fourth-order valence-electron chi connectivity index (χ4n) is 1.46. The summed E-state index contributed by atoms with van der Waals surface area (Å²) in [5, 5.41) is 0.0166. The number of carbonyl (C=O) groups excluding carboxylic acids is 1. The molecule has 0 heterocycles. The van der Waals surface area contributed by atoms with Crippen molar-refractivity contribution >= 4 is 22.6 Å². The monoisotopic (exact) mass is 243 g/mol. The van der Waals surface area contributed by atoms with Crippen molar-refractivity contribution in [1.29, 1.82) is 0 Å². The van der Waals surface area contributed by atoms with Gasteiger partial charge in [-0.15, -0.1) is 0 Å². The fourth-order valence-corrected chi connectivity index (χ4v) is 2.35. The Morgan fingerprint density at radius 2 is 1.82 bits per heavy atom. The lowest BCUT2D eigenvalue weighted by Gasteiger charge is -2.05. The molecule has 0 aliphatic carbocycles. The standard InChI is InChI=1S/C14H13NOS/c1-10-7-8-12(15)13(9-10)17-14(16)11-5-3-2-4-6-11/h2-9H,15H2,1H3. The maximum Gasteiger partial charge on any atom is 0.224 e. The molecule has 0 amide bonds. The molecule has 0 saturated heterocycles. The quantitative estimate of drug-likeness (QED) is 0.648. The van der Waals surface area contributed by atoms with E-state index in [-0.39, 0.29) is 5.12 Å². The first-order valence-corrected chi connectivity index (χ1v) is 6.12. The first kappa shape index (κ1) is 11.7. The molecule has 0 aliphatic rings. The first-order chi connectivity index (χ1) is 8.16. The molecule has 2 aromatic carbocycles. The van der Waals surface area contributed by atoms with Crippen molar-refractivity contribution in [2.24, 2.45) is 0 Å². The van der Waals surface area contributed by atoms with Crippen molar-refractivity contribution in [3.05, 3.63) is 59.7 Å². The second kappa shape index (κ2) is 5.06. The average Bonchev–Trinajstić information content (AvgIpc) is 2.35. The van der Waals surface area contributed by atoms with Gasteiger partial charge >= 0.3 is 0 Å². The largest absolute Gasteiger partial charge is 0.398 e. The number of anilines is 1. The van der Waals surface area contributed by atoms with Crippen molar-refractivity contribution in [1.82, 2.24) is 0 Å². The van der Waals surface area contributed by atoms with Crippen LogP contribution in [0.2, 0.25) is 0 Å². The van der Waals surface area contributed by atoms with E-state index in [2.05, 4.69) is 0 Å². The van der Waals surface area contributed by atoms with Crippen molar-refractivity contribution in [3.63, 3.8) is 0 Å². The van der Waals surface area contributed by atoms with Crippen LogP contribution < -0.4 is 5.73 Å². The molecule has 0 fully saturated rings. The molecule has 17 heavy (non-hydrogen) atoms. The Morgan fingerprint density at radius 1 is 1.12 bits per heavy atom. The molecule has 2 rings (SSSR count). The highest BCUT2D eigenvalue weighted by molar-refractivity contribution is 8.14. The van der Waals surface area contributed by atoms with Crippen LogP contribution in [0.4, 0.5) is 5.69 Å². The third-order valence-corrected chi connectivity index (χ3v) is 3.38. The Bertz CT molecular complexity index is 537. The van der Waals surface area contributed by atoms with Crippen LogP contribution in [0.15, 0.2) is 53.4 Å². The van der Waals surface area contributed by atoms with Crippen molar-refractivity contribution in [2.45, 2.75) is 11.8 Å². The second-order valence-corrected chi connectivity index (χ2v) is 4.81. The number of carbonyl (C=O) groups is 1. The third-order valence-electron chi connectivity index (χ3n) is 2.38. The zero-order chi connectivity index (χ0) is 12.3. The Hall–Kier alpha value is -1.74. The third kappa shape index (κ3) is 2.88. The summed E-state index contributed by atoms with van der Waals surface area (Å²) in [6.07, 6.45) is 0. The van der Waals surface area contributed by atoms with Gasteiger partial charge in [-0.1, -0.05) is 36.4 Å². The van der Waals surface area contributed by atoms with Crippen LogP contribution in [0.1, 0.15) is 15.9 Å². The van der Waals surface area contributed by atoms with Gasteiger partial charge in [-0.2, -0.15) is 0 Å². The topological polar surface area (TPSA) is 43.1 Å². The van der Waals surface area contributed by atoms with E-state index in [1.807, 2.05) is 43.3 Å². The van der Waals surface area contributed by atoms with E-state index in [9.17, 15) is 4.79 Å². The summed E-state index contributed by atoms with van der Waals surface area (Å²) in [5.41, 5.74) is 8.28. The van der Waals surface area contributed by atoms with Gasteiger partial charge in [0.1, 0.15) is 0 Å². The van der Waals surface area contributed by atoms with Gasteiger partial charge in [0, 0.05) is 16.1 Å². The van der Waals surface area contributed by atoms with Crippen molar-refractivity contribution in [3.8, 4) is 0 Å². The molecular formula is C14H13NOS. The summed E-state index contributed by atoms with van der Waals surface area (Å²) in [4.78, 5) is 12.8. The first-order valence-electron chi connectivity index (χ1n) is 5.30. The predicted octanol–water partition coefficient (Wildman–Crippen LogP) is 3.51. The summed E-state index contributed by atoms with van der Waals surface area (Å²) < 4.78 is 0. The van der Waals surface area contributed by atoms with Gasteiger partial charge in [-0.3, -0.25) is 4.79 Å². The van der Waals surface area contributed by atoms with Crippen molar-refractivity contribution in [2.75, 3.05) is 5.73 Å². The van der Waals surface area contributed by atoms with E-state index < -0.39 is 0 Å². The average molecular weight is 243 g/mol. The van der Waals surface area contributed by atoms with E-state index in [0.29, 0.717) is 11.3 Å². The van der Waals surface area contributed by atoms with Gasteiger partial charge in [-0.25, -0.2) is 0 Å². The molecular weight excluding hydrogens is 230 g/mol. The van der Waals surface area contributed by atoms with Crippen molar-refractivity contribution < 1.29 is 4.79 Å². The minimum Gasteiger partial charge on any atom is -0.398 e. The molecule has 0 bridgehead atoms. The number of benzene rings is 2. The second-order valence-electron chi connectivity index (χ2n) is 3.80. The summed E-state index contributed by atoms with van der Waals surface area (Å²) in [7, 11) is 0. The van der Waals surface area contributed by atoms with Gasteiger partial charge in [0.25, 0.3) is 0 Å².